The predicted octanol–water partition coefficient (Wildman–Crippen LogP) is -0.0794. The number of nitrogens with two attached hydrogens (primary N) is 1. The number of aryl methyl sites for hydroxylation is 1. The van der Waals surface area contributed by atoms with Gasteiger partial charge in [0.05, 0.1) is 11.9 Å². The molecule has 0 saturated carbocycles. The first-order chi connectivity index (χ1) is 7.95. The number of unbranched alkanes of at least 4 members (excludes halogenated alkanes) is 1. The molecule has 0 radical (unpaired) electrons. The lowest BCUT2D eigenvalue weighted by Gasteiger charge is -2.15. The first-order valence-corrected chi connectivity index (χ1v) is 7.18. The summed E-state index contributed by atoms with van der Waals surface area (Å²) in [6.07, 6.45) is 4.83. The zero-order valence-electron chi connectivity index (χ0n) is 10.3. The predicted molar refractivity (Wildman–Crippen MR) is 66.8 cm³/mol. The van der Waals surface area contributed by atoms with Gasteiger partial charge in [0.15, 0.2) is 0 Å². The van der Waals surface area contributed by atoms with Gasteiger partial charge in [0.2, 0.25) is 10.0 Å². The third kappa shape index (κ3) is 4.45. The van der Waals surface area contributed by atoms with Crippen LogP contribution in [-0.4, -0.2) is 41.8 Å². The Morgan fingerprint density at radius 3 is 2.71 bits per heavy atom. The van der Waals surface area contributed by atoms with Crippen LogP contribution in [-0.2, 0) is 23.6 Å². The van der Waals surface area contributed by atoms with Crippen LogP contribution >= 0.6 is 0 Å². The quantitative estimate of drug-likeness (QED) is 0.695. The SMILES string of the molecule is CN(Cc1cnn(C)c1)S(=O)(=O)CCCCN. The van der Waals surface area contributed by atoms with E-state index in [0.29, 0.717) is 19.5 Å². The van der Waals surface area contributed by atoms with Crippen LogP contribution in [0.25, 0.3) is 0 Å². The summed E-state index contributed by atoms with van der Waals surface area (Å²) in [5, 5.41) is 4.01. The Balaban J connectivity index is 2.53. The maximum Gasteiger partial charge on any atom is 0.214 e. The van der Waals surface area contributed by atoms with Crippen LogP contribution < -0.4 is 5.73 Å². The van der Waals surface area contributed by atoms with E-state index in [-0.39, 0.29) is 5.75 Å². The van der Waals surface area contributed by atoms with E-state index in [1.807, 2.05) is 6.20 Å². The van der Waals surface area contributed by atoms with Crippen LogP contribution in [0.2, 0.25) is 0 Å². The van der Waals surface area contributed by atoms with Crippen molar-refractivity contribution in [2.45, 2.75) is 19.4 Å². The molecule has 1 aromatic heterocycles. The van der Waals surface area contributed by atoms with E-state index in [2.05, 4.69) is 5.10 Å². The molecule has 0 amide bonds. The minimum atomic E-state index is -3.18. The largest absolute Gasteiger partial charge is 0.330 e. The van der Waals surface area contributed by atoms with Crippen LogP contribution in [0, 0.1) is 0 Å². The van der Waals surface area contributed by atoms with Gasteiger partial charge in [-0.1, -0.05) is 0 Å². The van der Waals surface area contributed by atoms with Crippen LogP contribution in [0.4, 0.5) is 0 Å². The molecule has 0 fully saturated rings. The van der Waals surface area contributed by atoms with Crippen molar-refractivity contribution in [1.82, 2.24) is 14.1 Å². The lowest BCUT2D eigenvalue weighted by atomic mass is 10.3. The fourth-order valence-electron chi connectivity index (χ4n) is 1.49. The van der Waals surface area contributed by atoms with Crippen LogP contribution in [0.5, 0.6) is 0 Å². The van der Waals surface area contributed by atoms with E-state index in [9.17, 15) is 8.42 Å². The smallest absolute Gasteiger partial charge is 0.214 e. The standard InChI is InChI=1S/C10H20N4O2S/c1-13-8-10(7-12-13)9-14(2)17(15,16)6-4-3-5-11/h7-8H,3-6,9,11H2,1-2H3. The van der Waals surface area contributed by atoms with E-state index in [4.69, 9.17) is 5.73 Å². The second-order valence-electron chi connectivity index (χ2n) is 4.09. The molecule has 17 heavy (non-hydrogen) atoms. The van der Waals surface area contributed by atoms with E-state index in [1.54, 1.807) is 25.0 Å². The summed E-state index contributed by atoms with van der Waals surface area (Å²) < 4.78 is 26.8. The summed E-state index contributed by atoms with van der Waals surface area (Å²) in [6, 6.07) is 0. The highest BCUT2D eigenvalue weighted by Crippen LogP contribution is 2.08. The number of nitrogens with zero attached hydrogens (tertiary/aromatic N) is 3. The number of rotatable bonds is 7. The summed E-state index contributed by atoms with van der Waals surface area (Å²) >= 11 is 0. The average molecular weight is 260 g/mol. The normalized spacial score (nSPS) is 12.2. The minimum absolute atomic E-state index is 0.154. The molecule has 98 valence electrons. The molecule has 0 aliphatic heterocycles. The van der Waals surface area contributed by atoms with E-state index >= 15 is 0 Å². The second kappa shape index (κ2) is 6.13. The van der Waals surface area contributed by atoms with Crippen LogP contribution in [0.1, 0.15) is 18.4 Å². The maximum atomic E-state index is 11.9. The molecule has 1 heterocycles. The minimum Gasteiger partial charge on any atom is -0.330 e. The Hall–Kier alpha value is -0.920. The van der Waals surface area contributed by atoms with Gasteiger partial charge in [-0.2, -0.15) is 5.10 Å². The first-order valence-electron chi connectivity index (χ1n) is 5.57. The lowest BCUT2D eigenvalue weighted by molar-refractivity contribution is 0.464. The summed E-state index contributed by atoms with van der Waals surface area (Å²) in [7, 11) is 0.212. The van der Waals surface area contributed by atoms with Gasteiger partial charge in [-0.15, -0.1) is 0 Å². The third-order valence-corrected chi connectivity index (χ3v) is 4.38. The molecule has 7 heteroatoms. The molecular formula is C10H20N4O2S. The highest BCUT2D eigenvalue weighted by atomic mass is 32.2. The highest BCUT2D eigenvalue weighted by Gasteiger charge is 2.17. The Morgan fingerprint density at radius 2 is 2.18 bits per heavy atom. The van der Waals surface area contributed by atoms with Crippen molar-refractivity contribution in [3.05, 3.63) is 18.0 Å². The topological polar surface area (TPSA) is 81.2 Å². The van der Waals surface area contributed by atoms with Gasteiger partial charge in [0, 0.05) is 32.4 Å². The Bertz CT molecular complexity index is 441. The van der Waals surface area contributed by atoms with Crippen molar-refractivity contribution in [2.75, 3.05) is 19.3 Å². The summed E-state index contributed by atoms with van der Waals surface area (Å²) in [5.74, 6) is 0.154. The Kier molecular flexibility index (Phi) is 5.10. The number of sulfonamides is 1. The van der Waals surface area contributed by atoms with Gasteiger partial charge in [-0.25, -0.2) is 12.7 Å². The van der Waals surface area contributed by atoms with Gasteiger partial charge in [-0.05, 0) is 19.4 Å². The zero-order valence-corrected chi connectivity index (χ0v) is 11.2. The van der Waals surface area contributed by atoms with Gasteiger partial charge >= 0.3 is 0 Å². The summed E-state index contributed by atoms with van der Waals surface area (Å²) in [6.45, 7) is 0.890. The van der Waals surface area contributed by atoms with Crippen molar-refractivity contribution in [3.63, 3.8) is 0 Å². The highest BCUT2D eigenvalue weighted by molar-refractivity contribution is 7.89. The first kappa shape index (κ1) is 14.1. The fraction of sp³-hybridized carbons (Fsp3) is 0.700. The van der Waals surface area contributed by atoms with E-state index in [1.165, 1.54) is 4.31 Å². The fourth-order valence-corrected chi connectivity index (χ4v) is 2.72. The molecule has 0 aliphatic rings. The third-order valence-electron chi connectivity index (χ3n) is 2.49. The number of aromatic nitrogens is 2. The molecule has 1 rings (SSSR count). The van der Waals surface area contributed by atoms with E-state index in [0.717, 1.165) is 12.0 Å². The molecule has 0 aliphatic carbocycles. The molecule has 0 aromatic carbocycles. The molecule has 2 N–H and O–H groups in total. The Labute approximate surface area is 102 Å². The van der Waals surface area contributed by atoms with Crippen molar-refractivity contribution in [2.24, 2.45) is 12.8 Å². The molecule has 0 spiro atoms. The molecular weight excluding hydrogens is 240 g/mol. The van der Waals surface area contributed by atoms with Crippen molar-refractivity contribution in [1.29, 1.82) is 0 Å². The van der Waals surface area contributed by atoms with Crippen molar-refractivity contribution < 1.29 is 8.42 Å². The number of hydrogen-bond donors (Lipinski definition) is 1. The molecule has 6 nitrogen and oxygen atoms in total. The lowest BCUT2D eigenvalue weighted by Crippen LogP contribution is -2.28. The summed E-state index contributed by atoms with van der Waals surface area (Å²) in [4.78, 5) is 0. The average Bonchev–Trinajstić information content (AvgIpc) is 2.64. The van der Waals surface area contributed by atoms with Gasteiger partial charge in [0.1, 0.15) is 0 Å². The monoisotopic (exact) mass is 260 g/mol. The molecule has 0 saturated heterocycles. The zero-order chi connectivity index (χ0) is 12.9. The van der Waals surface area contributed by atoms with Gasteiger partial charge in [0.25, 0.3) is 0 Å². The molecule has 0 bridgehead atoms. The maximum absolute atomic E-state index is 11.9. The van der Waals surface area contributed by atoms with E-state index < -0.39 is 10.0 Å². The Morgan fingerprint density at radius 1 is 1.47 bits per heavy atom. The number of hydrogen-bond acceptors (Lipinski definition) is 4. The van der Waals surface area contributed by atoms with Gasteiger partial charge in [-0.3, -0.25) is 4.68 Å². The van der Waals surface area contributed by atoms with Crippen LogP contribution in [0.15, 0.2) is 12.4 Å². The summed E-state index contributed by atoms with van der Waals surface area (Å²) in [5.41, 5.74) is 6.23. The van der Waals surface area contributed by atoms with Crippen molar-refractivity contribution in [3.8, 4) is 0 Å². The van der Waals surface area contributed by atoms with Crippen molar-refractivity contribution >= 4 is 10.0 Å². The van der Waals surface area contributed by atoms with Crippen LogP contribution in [0.3, 0.4) is 0 Å². The van der Waals surface area contributed by atoms with Gasteiger partial charge < -0.3 is 5.73 Å². The second-order valence-corrected chi connectivity index (χ2v) is 6.29. The molecule has 1 aromatic rings. The molecule has 0 unspecified atom stereocenters. The molecule has 0 atom stereocenters.